The number of para-hydroxylation sites is 1. The molecule has 0 saturated carbocycles. The van der Waals surface area contributed by atoms with E-state index in [0.29, 0.717) is 19.1 Å². The Labute approximate surface area is 94.8 Å². The summed E-state index contributed by atoms with van der Waals surface area (Å²) in [7, 11) is 0. The summed E-state index contributed by atoms with van der Waals surface area (Å²) in [5.41, 5.74) is 6.38. The third-order valence-electron chi connectivity index (χ3n) is 2.90. The molecule has 16 heavy (non-hydrogen) atoms. The average molecular weight is 220 g/mol. The minimum atomic E-state index is -0.327. The highest BCUT2D eigenvalue weighted by Gasteiger charge is 2.24. The number of rotatable bonds is 4. The predicted octanol–water partition coefficient (Wildman–Crippen LogP) is 0.626. The van der Waals surface area contributed by atoms with Crippen LogP contribution in [0.4, 0.5) is 0 Å². The lowest BCUT2D eigenvalue weighted by atomic mass is 10.0. The van der Waals surface area contributed by atoms with E-state index in [0.717, 1.165) is 5.75 Å². The lowest BCUT2D eigenvalue weighted by Crippen LogP contribution is -2.40. The molecule has 3 N–H and O–H groups in total. The topological polar surface area (TPSA) is 64.3 Å². The van der Waals surface area contributed by atoms with Crippen LogP contribution in [0.5, 0.6) is 5.75 Å². The average Bonchev–Trinajstić information content (AvgIpc) is 2.69. The molecular weight excluding hydrogens is 204 g/mol. The van der Waals surface area contributed by atoms with Gasteiger partial charge in [-0.25, -0.2) is 0 Å². The van der Waals surface area contributed by atoms with Crippen molar-refractivity contribution in [1.29, 1.82) is 0 Å². The Balaban J connectivity index is 1.96. The Morgan fingerprint density at radius 1 is 1.62 bits per heavy atom. The van der Waals surface area contributed by atoms with Crippen molar-refractivity contribution in [2.45, 2.75) is 18.9 Å². The number of hydrogen-bond acceptors (Lipinski definition) is 3. The second kappa shape index (κ2) is 4.53. The monoisotopic (exact) mass is 220 g/mol. The third kappa shape index (κ3) is 2.17. The van der Waals surface area contributed by atoms with E-state index in [1.165, 1.54) is 5.56 Å². The van der Waals surface area contributed by atoms with Crippen molar-refractivity contribution in [3.8, 4) is 5.75 Å². The summed E-state index contributed by atoms with van der Waals surface area (Å²) in [4.78, 5) is 10.9. The number of nitrogens with one attached hydrogen (secondary N) is 1. The smallest absolute Gasteiger partial charge is 0.234 e. The standard InChI is InChI=1S/C12H16N2O2/c1-8(12(13)15)14-6-9-7-16-11-5-3-2-4-10(9)11/h2-5,8-9,14H,6-7H2,1H3,(H2,13,15). The summed E-state index contributed by atoms with van der Waals surface area (Å²) < 4.78 is 5.55. The lowest BCUT2D eigenvalue weighted by molar-refractivity contribution is -0.119. The first kappa shape index (κ1) is 11.0. The Kier molecular flexibility index (Phi) is 3.10. The number of nitrogens with two attached hydrogens (primary N) is 1. The summed E-state index contributed by atoms with van der Waals surface area (Å²) in [6, 6.07) is 7.68. The quantitative estimate of drug-likeness (QED) is 0.782. The summed E-state index contributed by atoms with van der Waals surface area (Å²) in [5, 5.41) is 3.11. The van der Waals surface area contributed by atoms with Gasteiger partial charge in [0.25, 0.3) is 0 Å². The van der Waals surface area contributed by atoms with Crippen molar-refractivity contribution >= 4 is 5.91 Å². The highest BCUT2D eigenvalue weighted by Crippen LogP contribution is 2.32. The molecule has 2 rings (SSSR count). The number of benzene rings is 1. The summed E-state index contributed by atoms with van der Waals surface area (Å²) in [6.45, 7) is 3.14. The number of fused-ring (bicyclic) bond motifs is 1. The number of primary amides is 1. The van der Waals surface area contributed by atoms with Crippen molar-refractivity contribution in [1.82, 2.24) is 5.32 Å². The first-order chi connectivity index (χ1) is 7.68. The van der Waals surface area contributed by atoms with Crippen molar-refractivity contribution in [3.63, 3.8) is 0 Å². The van der Waals surface area contributed by atoms with Crippen LogP contribution < -0.4 is 15.8 Å². The maximum Gasteiger partial charge on any atom is 0.234 e. The molecule has 0 aliphatic carbocycles. The molecule has 4 heteroatoms. The van der Waals surface area contributed by atoms with Gasteiger partial charge in [0.1, 0.15) is 5.75 Å². The van der Waals surface area contributed by atoms with E-state index in [-0.39, 0.29) is 11.9 Å². The van der Waals surface area contributed by atoms with Crippen molar-refractivity contribution in [2.24, 2.45) is 5.73 Å². The van der Waals surface area contributed by atoms with E-state index >= 15 is 0 Å². The maximum atomic E-state index is 10.9. The van der Waals surface area contributed by atoms with Gasteiger partial charge in [-0.15, -0.1) is 0 Å². The van der Waals surface area contributed by atoms with Gasteiger partial charge in [0.2, 0.25) is 5.91 Å². The van der Waals surface area contributed by atoms with Crippen LogP contribution >= 0.6 is 0 Å². The highest BCUT2D eigenvalue weighted by atomic mass is 16.5. The lowest BCUT2D eigenvalue weighted by Gasteiger charge is -2.13. The molecule has 0 saturated heterocycles. The van der Waals surface area contributed by atoms with Gasteiger partial charge in [-0.2, -0.15) is 0 Å². The van der Waals surface area contributed by atoms with Crippen LogP contribution in [0.2, 0.25) is 0 Å². The van der Waals surface area contributed by atoms with Crippen LogP contribution in [0.3, 0.4) is 0 Å². The molecule has 1 aliphatic rings. The van der Waals surface area contributed by atoms with E-state index in [9.17, 15) is 4.79 Å². The molecule has 1 heterocycles. The Morgan fingerprint density at radius 2 is 2.38 bits per heavy atom. The SMILES string of the molecule is CC(NCC1COc2ccccc21)C(N)=O. The van der Waals surface area contributed by atoms with Gasteiger partial charge in [0, 0.05) is 18.0 Å². The second-order valence-corrected chi connectivity index (χ2v) is 4.08. The van der Waals surface area contributed by atoms with E-state index in [4.69, 9.17) is 10.5 Å². The van der Waals surface area contributed by atoms with Gasteiger partial charge >= 0.3 is 0 Å². The zero-order valence-electron chi connectivity index (χ0n) is 9.27. The van der Waals surface area contributed by atoms with Crippen molar-refractivity contribution in [2.75, 3.05) is 13.2 Å². The van der Waals surface area contributed by atoms with E-state index in [1.54, 1.807) is 6.92 Å². The molecule has 1 amide bonds. The first-order valence-electron chi connectivity index (χ1n) is 5.43. The Hall–Kier alpha value is -1.55. The normalized spacial score (nSPS) is 19.9. The van der Waals surface area contributed by atoms with Crippen molar-refractivity contribution in [3.05, 3.63) is 29.8 Å². The third-order valence-corrected chi connectivity index (χ3v) is 2.90. The van der Waals surface area contributed by atoms with Crippen LogP contribution in [0.25, 0.3) is 0 Å². The predicted molar refractivity (Wildman–Crippen MR) is 61.3 cm³/mol. The highest BCUT2D eigenvalue weighted by molar-refractivity contribution is 5.79. The fourth-order valence-corrected chi connectivity index (χ4v) is 1.82. The molecule has 86 valence electrons. The zero-order chi connectivity index (χ0) is 11.5. The number of carbonyl (C=O) groups is 1. The van der Waals surface area contributed by atoms with Crippen LogP contribution in [0.1, 0.15) is 18.4 Å². The summed E-state index contributed by atoms with van der Waals surface area (Å²) >= 11 is 0. The molecule has 1 aromatic rings. The fraction of sp³-hybridized carbons (Fsp3) is 0.417. The fourth-order valence-electron chi connectivity index (χ4n) is 1.82. The van der Waals surface area contributed by atoms with Gasteiger partial charge in [-0.3, -0.25) is 4.79 Å². The van der Waals surface area contributed by atoms with Crippen LogP contribution in [-0.4, -0.2) is 25.1 Å². The molecule has 2 atom stereocenters. The van der Waals surface area contributed by atoms with Gasteiger partial charge < -0.3 is 15.8 Å². The number of carbonyl (C=O) groups excluding carboxylic acids is 1. The molecule has 0 aromatic heterocycles. The number of ether oxygens (including phenoxy) is 1. The summed E-state index contributed by atoms with van der Waals surface area (Å²) in [6.07, 6.45) is 0. The van der Waals surface area contributed by atoms with E-state index < -0.39 is 0 Å². The minimum absolute atomic E-state index is 0.298. The minimum Gasteiger partial charge on any atom is -0.493 e. The molecule has 2 unspecified atom stereocenters. The molecule has 0 bridgehead atoms. The maximum absolute atomic E-state index is 10.9. The van der Waals surface area contributed by atoms with Gasteiger partial charge in [0.05, 0.1) is 12.6 Å². The zero-order valence-corrected chi connectivity index (χ0v) is 9.27. The molecule has 1 aromatic carbocycles. The van der Waals surface area contributed by atoms with Crippen LogP contribution in [0.15, 0.2) is 24.3 Å². The van der Waals surface area contributed by atoms with Gasteiger partial charge in [-0.05, 0) is 13.0 Å². The van der Waals surface area contributed by atoms with E-state index in [1.807, 2.05) is 18.2 Å². The largest absolute Gasteiger partial charge is 0.493 e. The molecule has 0 spiro atoms. The Bertz CT molecular complexity index is 392. The van der Waals surface area contributed by atoms with Gasteiger partial charge in [0.15, 0.2) is 0 Å². The first-order valence-corrected chi connectivity index (χ1v) is 5.43. The Morgan fingerprint density at radius 3 is 3.12 bits per heavy atom. The summed E-state index contributed by atoms with van der Waals surface area (Å²) in [5.74, 6) is 0.922. The van der Waals surface area contributed by atoms with Crippen LogP contribution in [-0.2, 0) is 4.79 Å². The second-order valence-electron chi connectivity index (χ2n) is 4.08. The van der Waals surface area contributed by atoms with Crippen LogP contribution in [0, 0.1) is 0 Å². The molecular formula is C12H16N2O2. The van der Waals surface area contributed by atoms with E-state index in [2.05, 4.69) is 11.4 Å². The number of amides is 1. The van der Waals surface area contributed by atoms with Gasteiger partial charge in [-0.1, -0.05) is 18.2 Å². The van der Waals surface area contributed by atoms with Crippen molar-refractivity contribution < 1.29 is 9.53 Å². The molecule has 4 nitrogen and oxygen atoms in total. The molecule has 0 radical (unpaired) electrons. The molecule has 0 fully saturated rings. The number of hydrogen-bond donors (Lipinski definition) is 2. The molecule has 1 aliphatic heterocycles.